The average molecular weight is 493 g/mol. The SMILES string of the molecule is CC.O=C(c1cc(Cc2n[nH]c(=O)c3ccccc23)ccc1F)N1CCC(CC2CCNCC2)CC1. The molecule has 1 aromatic heterocycles. The lowest BCUT2D eigenvalue weighted by atomic mass is 9.83. The van der Waals surface area contributed by atoms with Crippen molar-refractivity contribution in [1.82, 2.24) is 20.4 Å². The number of rotatable bonds is 5. The van der Waals surface area contributed by atoms with Crippen LogP contribution >= 0.6 is 0 Å². The summed E-state index contributed by atoms with van der Waals surface area (Å²) in [6, 6.07) is 12.0. The normalized spacial score (nSPS) is 17.0. The summed E-state index contributed by atoms with van der Waals surface area (Å²) in [6.07, 6.45) is 6.12. The predicted molar refractivity (Wildman–Crippen MR) is 142 cm³/mol. The molecule has 2 aliphatic heterocycles. The van der Waals surface area contributed by atoms with Gasteiger partial charge in [0.05, 0.1) is 16.6 Å². The van der Waals surface area contributed by atoms with Crippen LogP contribution in [-0.2, 0) is 6.42 Å². The number of nitrogens with zero attached hydrogens (tertiary/aromatic N) is 2. The summed E-state index contributed by atoms with van der Waals surface area (Å²) in [4.78, 5) is 27.1. The van der Waals surface area contributed by atoms with Crippen molar-refractivity contribution in [3.05, 3.63) is 75.5 Å². The zero-order valence-electron chi connectivity index (χ0n) is 21.4. The summed E-state index contributed by atoms with van der Waals surface area (Å²) in [5.74, 6) is 0.715. The van der Waals surface area contributed by atoms with E-state index in [-0.39, 0.29) is 17.0 Å². The molecule has 0 atom stereocenters. The second-order valence-corrected chi connectivity index (χ2v) is 9.70. The monoisotopic (exact) mass is 492 g/mol. The fourth-order valence-corrected chi connectivity index (χ4v) is 5.48. The molecular weight excluding hydrogens is 455 g/mol. The van der Waals surface area contributed by atoms with Gasteiger partial charge in [-0.3, -0.25) is 9.59 Å². The molecule has 2 saturated heterocycles. The van der Waals surface area contributed by atoms with E-state index in [1.807, 2.05) is 32.0 Å². The smallest absolute Gasteiger partial charge is 0.272 e. The molecule has 1 amide bonds. The highest BCUT2D eigenvalue weighted by molar-refractivity contribution is 5.94. The molecule has 3 heterocycles. The van der Waals surface area contributed by atoms with Gasteiger partial charge in [-0.05, 0) is 80.8 Å². The predicted octanol–water partition coefficient (Wildman–Crippen LogP) is 4.92. The Morgan fingerprint density at radius 3 is 2.39 bits per heavy atom. The van der Waals surface area contributed by atoms with E-state index in [0.717, 1.165) is 42.8 Å². The number of piperidine rings is 2. The van der Waals surface area contributed by atoms with Crippen LogP contribution in [0.4, 0.5) is 4.39 Å². The summed E-state index contributed by atoms with van der Waals surface area (Å²) in [5.41, 5.74) is 1.36. The van der Waals surface area contributed by atoms with E-state index in [1.54, 1.807) is 23.1 Å². The molecule has 2 aliphatic rings. The molecule has 36 heavy (non-hydrogen) atoms. The largest absolute Gasteiger partial charge is 0.339 e. The van der Waals surface area contributed by atoms with Crippen molar-refractivity contribution in [1.29, 1.82) is 0 Å². The van der Waals surface area contributed by atoms with Gasteiger partial charge >= 0.3 is 0 Å². The number of carbonyl (C=O) groups is 1. The Balaban J connectivity index is 0.00000148. The maximum absolute atomic E-state index is 14.7. The first-order chi connectivity index (χ1) is 17.6. The molecule has 2 aromatic carbocycles. The van der Waals surface area contributed by atoms with Gasteiger partial charge in [0.25, 0.3) is 11.5 Å². The Labute approximate surface area is 212 Å². The molecule has 3 aromatic rings. The number of H-pyrrole nitrogens is 1. The Morgan fingerprint density at radius 1 is 1.00 bits per heavy atom. The Hall–Kier alpha value is -3.06. The highest BCUT2D eigenvalue weighted by atomic mass is 19.1. The molecule has 2 fully saturated rings. The Bertz CT molecular complexity index is 1230. The van der Waals surface area contributed by atoms with Gasteiger partial charge in [0.1, 0.15) is 5.82 Å². The number of hydrogen-bond donors (Lipinski definition) is 2. The van der Waals surface area contributed by atoms with E-state index in [4.69, 9.17) is 0 Å². The number of halogens is 1. The minimum Gasteiger partial charge on any atom is -0.339 e. The van der Waals surface area contributed by atoms with Crippen molar-refractivity contribution >= 4 is 16.7 Å². The zero-order chi connectivity index (χ0) is 25.5. The topological polar surface area (TPSA) is 78.1 Å². The van der Waals surface area contributed by atoms with Crippen LogP contribution in [0.2, 0.25) is 0 Å². The third-order valence-corrected chi connectivity index (χ3v) is 7.43. The van der Waals surface area contributed by atoms with Crippen molar-refractivity contribution in [3.8, 4) is 0 Å². The molecule has 7 heteroatoms. The number of carbonyl (C=O) groups excluding carboxylic acids is 1. The van der Waals surface area contributed by atoms with Crippen LogP contribution < -0.4 is 10.9 Å². The number of aromatic amines is 1. The number of amides is 1. The van der Waals surface area contributed by atoms with Gasteiger partial charge in [-0.2, -0.15) is 5.10 Å². The van der Waals surface area contributed by atoms with Crippen LogP contribution in [0.15, 0.2) is 47.3 Å². The van der Waals surface area contributed by atoms with E-state index >= 15 is 0 Å². The van der Waals surface area contributed by atoms with Crippen molar-refractivity contribution in [2.75, 3.05) is 26.2 Å². The lowest BCUT2D eigenvalue weighted by Crippen LogP contribution is -2.39. The highest BCUT2D eigenvalue weighted by Crippen LogP contribution is 2.29. The first-order valence-corrected chi connectivity index (χ1v) is 13.3. The summed E-state index contributed by atoms with van der Waals surface area (Å²) in [7, 11) is 0. The second kappa shape index (κ2) is 12.3. The lowest BCUT2D eigenvalue weighted by molar-refractivity contribution is 0.0671. The molecule has 2 N–H and O–H groups in total. The molecule has 0 spiro atoms. The van der Waals surface area contributed by atoms with Crippen LogP contribution in [0.25, 0.3) is 10.8 Å². The summed E-state index contributed by atoms with van der Waals surface area (Å²) in [6.45, 7) is 7.60. The molecule has 0 bridgehead atoms. The lowest BCUT2D eigenvalue weighted by Gasteiger charge is -2.34. The fourth-order valence-electron chi connectivity index (χ4n) is 5.48. The Kier molecular flexibility index (Phi) is 8.86. The molecule has 0 radical (unpaired) electrons. The van der Waals surface area contributed by atoms with Gasteiger partial charge in [-0.1, -0.05) is 38.1 Å². The maximum Gasteiger partial charge on any atom is 0.272 e. The minimum absolute atomic E-state index is 0.114. The van der Waals surface area contributed by atoms with Gasteiger partial charge in [0.2, 0.25) is 0 Å². The quantitative estimate of drug-likeness (QED) is 0.530. The molecule has 192 valence electrons. The highest BCUT2D eigenvalue weighted by Gasteiger charge is 2.27. The van der Waals surface area contributed by atoms with Crippen molar-refractivity contribution in [3.63, 3.8) is 0 Å². The van der Waals surface area contributed by atoms with Crippen molar-refractivity contribution in [2.45, 2.75) is 52.4 Å². The van der Waals surface area contributed by atoms with Crippen LogP contribution in [0.3, 0.4) is 0 Å². The molecule has 5 rings (SSSR count). The van der Waals surface area contributed by atoms with Gasteiger partial charge < -0.3 is 10.2 Å². The minimum atomic E-state index is -0.495. The van der Waals surface area contributed by atoms with E-state index in [0.29, 0.717) is 36.5 Å². The number of likely N-dealkylation sites (tertiary alicyclic amines) is 1. The summed E-state index contributed by atoms with van der Waals surface area (Å²) in [5, 5.41) is 11.5. The maximum atomic E-state index is 14.7. The van der Waals surface area contributed by atoms with Gasteiger partial charge in [0.15, 0.2) is 0 Å². The third-order valence-electron chi connectivity index (χ3n) is 7.43. The summed E-state index contributed by atoms with van der Waals surface area (Å²) < 4.78 is 14.7. The standard InChI is InChI=1S/C27H31FN4O2.C2H6/c28-24-6-5-20(17-25-21-3-1-2-4-22(21)26(33)31-30-25)16-23(24)27(34)32-13-9-19(10-14-32)15-18-7-11-29-12-8-18;1-2/h1-6,16,18-19,29H,7-15,17H2,(H,31,33);1-2H3. The molecule has 6 nitrogen and oxygen atoms in total. The first kappa shape index (κ1) is 26.0. The number of aromatic nitrogens is 2. The second-order valence-electron chi connectivity index (χ2n) is 9.70. The Morgan fingerprint density at radius 2 is 1.67 bits per heavy atom. The zero-order valence-corrected chi connectivity index (χ0v) is 21.4. The first-order valence-electron chi connectivity index (χ1n) is 13.3. The van der Waals surface area contributed by atoms with E-state index in [1.165, 1.54) is 25.3 Å². The van der Waals surface area contributed by atoms with Gasteiger partial charge in [-0.25, -0.2) is 9.49 Å². The third kappa shape index (κ3) is 6.01. The van der Waals surface area contributed by atoms with E-state index < -0.39 is 5.82 Å². The molecule has 0 saturated carbocycles. The van der Waals surface area contributed by atoms with Crippen molar-refractivity contribution in [2.24, 2.45) is 11.8 Å². The van der Waals surface area contributed by atoms with Crippen LogP contribution in [0.5, 0.6) is 0 Å². The van der Waals surface area contributed by atoms with Gasteiger partial charge in [-0.15, -0.1) is 0 Å². The number of benzene rings is 2. The number of fused-ring (bicyclic) bond motifs is 1. The number of nitrogens with one attached hydrogen (secondary N) is 2. The number of hydrogen-bond acceptors (Lipinski definition) is 4. The van der Waals surface area contributed by atoms with Crippen LogP contribution in [0.1, 0.15) is 67.6 Å². The van der Waals surface area contributed by atoms with E-state index in [2.05, 4.69) is 15.5 Å². The molecular formula is C29H37FN4O2. The van der Waals surface area contributed by atoms with Crippen LogP contribution in [-0.4, -0.2) is 47.2 Å². The van der Waals surface area contributed by atoms with E-state index in [9.17, 15) is 14.0 Å². The summed E-state index contributed by atoms with van der Waals surface area (Å²) >= 11 is 0. The fraction of sp³-hybridized carbons (Fsp3) is 0.483. The molecule has 0 aliphatic carbocycles. The van der Waals surface area contributed by atoms with Crippen LogP contribution in [0, 0.1) is 17.7 Å². The van der Waals surface area contributed by atoms with Gasteiger partial charge in [0, 0.05) is 24.9 Å². The van der Waals surface area contributed by atoms with Crippen molar-refractivity contribution < 1.29 is 9.18 Å². The average Bonchev–Trinajstić information content (AvgIpc) is 2.93. The molecule has 0 unspecified atom stereocenters.